The Kier molecular flexibility index (Phi) is 5.83. The van der Waals surface area contributed by atoms with E-state index in [0.29, 0.717) is 11.6 Å². The highest BCUT2D eigenvalue weighted by Gasteiger charge is 2.05. The van der Waals surface area contributed by atoms with Crippen molar-refractivity contribution in [2.24, 2.45) is 0 Å². The van der Waals surface area contributed by atoms with Crippen LogP contribution in [-0.2, 0) is 13.0 Å². The summed E-state index contributed by atoms with van der Waals surface area (Å²) in [4.78, 5) is 6.77. The van der Waals surface area contributed by atoms with E-state index in [1.165, 1.54) is 5.01 Å². The molecular formula is C15H19ClN2OS. The van der Waals surface area contributed by atoms with Crippen molar-refractivity contribution in [1.82, 2.24) is 9.88 Å². The number of ether oxygens (including phenoxy) is 1. The van der Waals surface area contributed by atoms with Gasteiger partial charge in [0.15, 0.2) is 0 Å². The number of aromatic nitrogens is 1. The highest BCUT2D eigenvalue weighted by Crippen LogP contribution is 2.17. The lowest BCUT2D eigenvalue weighted by Crippen LogP contribution is -2.24. The van der Waals surface area contributed by atoms with E-state index in [1.807, 2.05) is 24.3 Å². The molecule has 0 fully saturated rings. The van der Waals surface area contributed by atoms with Gasteiger partial charge in [-0.05, 0) is 31.7 Å². The van der Waals surface area contributed by atoms with Gasteiger partial charge in [-0.2, -0.15) is 0 Å². The lowest BCUT2D eigenvalue weighted by molar-refractivity contribution is 0.231. The average Bonchev–Trinajstić information content (AvgIpc) is 2.86. The Morgan fingerprint density at radius 2 is 2.25 bits per heavy atom. The minimum absolute atomic E-state index is 0.640. The third kappa shape index (κ3) is 4.78. The molecule has 0 saturated carbocycles. The summed E-state index contributed by atoms with van der Waals surface area (Å²) in [5, 5.41) is 4.03. The van der Waals surface area contributed by atoms with E-state index in [4.69, 9.17) is 16.3 Å². The van der Waals surface area contributed by atoms with E-state index in [-0.39, 0.29) is 0 Å². The predicted octanol–water partition coefficient (Wildman–Crippen LogP) is 3.87. The fourth-order valence-corrected chi connectivity index (χ4v) is 2.73. The zero-order valence-corrected chi connectivity index (χ0v) is 13.4. The van der Waals surface area contributed by atoms with Gasteiger partial charge in [0.05, 0.1) is 10.7 Å². The van der Waals surface area contributed by atoms with Crippen LogP contribution in [0.4, 0.5) is 0 Å². The predicted molar refractivity (Wildman–Crippen MR) is 84.8 cm³/mol. The normalized spacial score (nSPS) is 11.0. The Labute approximate surface area is 129 Å². The zero-order chi connectivity index (χ0) is 14.4. The van der Waals surface area contributed by atoms with E-state index in [2.05, 4.69) is 29.2 Å². The maximum atomic E-state index is 5.91. The van der Waals surface area contributed by atoms with Gasteiger partial charge in [0.25, 0.3) is 0 Å². The maximum absolute atomic E-state index is 5.91. The SMILES string of the molecule is CCc1nc(CN(C)CCOc2cccc(Cl)c2)cs1. The number of benzene rings is 1. The van der Waals surface area contributed by atoms with E-state index in [0.717, 1.165) is 31.0 Å². The number of rotatable bonds is 7. The van der Waals surface area contributed by atoms with Gasteiger partial charge in [0.1, 0.15) is 12.4 Å². The Morgan fingerprint density at radius 1 is 1.40 bits per heavy atom. The molecule has 5 heteroatoms. The van der Waals surface area contributed by atoms with Gasteiger partial charge in [0.2, 0.25) is 0 Å². The van der Waals surface area contributed by atoms with Gasteiger partial charge in [-0.25, -0.2) is 4.98 Å². The zero-order valence-electron chi connectivity index (χ0n) is 11.8. The van der Waals surface area contributed by atoms with Crippen LogP contribution in [0.25, 0.3) is 0 Å². The minimum Gasteiger partial charge on any atom is -0.492 e. The maximum Gasteiger partial charge on any atom is 0.120 e. The first kappa shape index (κ1) is 15.3. The lowest BCUT2D eigenvalue weighted by Gasteiger charge is -2.15. The molecular weight excluding hydrogens is 292 g/mol. The van der Waals surface area contributed by atoms with Crippen LogP contribution in [0.1, 0.15) is 17.6 Å². The quantitative estimate of drug-likeness (QED) is 0.776. The highest BCUT2D eigenvalue weighted by atomic mass is 35.5. The van der Waals surface area contributed by atoms with Crippen molar-refractivity contribution >= 4 is 22.9 Å². The van der Waals surface area contributed by atoms with Crippen LogP contribution in [0.15, 0.2) is 29.6 Å². The van der Waals surface area contributed by atoms with E-state index < -0.39 is 0 Å². The van der Waals surface area contributed by atoms with Gasteiger partial charge in [-0.15, -0.1) is 11.3 Å². The largest absolute Gasteiger partial charge is 0.492 e. The second-order valence-corrected chi connectivity index (χ2v) is 6.01. The molecule has 0 spiro atoms. The number of aryl methyl sites for hydroxylation is 1. The van der Waals surface area contributed by atoms with Crippen molar-refractivity contribution in [3.8, 4) is 5.75 Å². The molecule has 3 nitrogen and oxygen atoms in total. The summed E-state index contributed by atoms with van der Waals surface area (Å²) in [6.07, 6.45) is 1.01. The fraction of sp³-hybridized carbons (Fsp3) is 0.400. The Hall–Kier alpha value is -1.10. The first-order valence-corrected chi connectivity index (χ1v) is 7.93. The molecule has 1 aromatic carbocycles. The second-order valence-electron chi connectivity index (χ2n) is 4.63. The third-order valence-electron chi connectivity index (χ3n) is 2.87. The molecule has 2 aromatic rings. The van der Waals surface area contributed by atoms with Crippen molar-refractivity contribution in [1.29, 1.82) is 0 Å². The van der Waals surface area contributed by atoms with Crippen LogP contribution in [0.2, 0.25) is 5.02 Å². The summed E-state index contributed by atoms with van der Waals surface area (Å²) in [5.41, 5.74) is 1.14. The summed E-state index contributed by atoms with van der Waals surface area (Å²) < 4.78 is 5.68. The van der Waals surface area contributed by atoms with Crippen molar-refractivity contribution < 1.29 is 4.74 Å². The monoisotopic (exact) mass is 310 g/mol. The summed E-state index contributed by atoms with van der Waals surface area (Å²) in [5.74, 6) is 0.813. The number of nitrogens with zero attached hydrogens (tertiary/aromatic N) is 2. The molecule has 0 amide bonds. The molecule has 1 aromatic heterocycles. The topological polar surface area (TPSA) is 25.4 Å². The molecule has 1 heterocycles. The number of thiazole rings is 1. The van der Waals surface area contributed by atoms with Gasteiger partial charge in [-0.1, -0.05) is 24.6 Å². The second kappa shape index (κ2) is 7.62. The molecule has 0 atom stereocenters. The molecule has 0 N–H and O–H groups in total. The van der Waals surface area contributed by atoms with Gasteiger partial charge >= 0.3 is 0 Å². The smallest absolute Gasteiger partial charge is 0.120 e. The highest BCUT2D eigenvalue weighted by molar-refractivity contribution is 7.09. The van der Waals surface area contributed by atoms with Crippen LogP contribution >= 0.6 is 22.9 Å². The Bertz CT molecular complexity index is 544. The third-order valence-corrected chi connectivity index (χ3v) is 4.15. The number of likely N-dealkylation sites (N-methyl/N-ethyl adjacent to an activating group) is 1. The molecule has 20 heavy (non-hydrogen) atoms. The number of hydrogen-bond acceptors (Lipinski definition) is 4. The van der Waals surface area contributed by atoms with Crippen LogP contribution in [0.3, 0.4) is 0 Å². The first-order chi connectivity index (χ1) is 9.67. The van der Waals surface area contributed by atoms with Crippen LogP contribution in [-0.4, -0.2) is 30.1 Å². The Morgan fingerprint density at radius 3 is 2.95 bits per heavy atom. The molecule has 0 bridgehead atoms. The molecule has 0 aliphatic carbocycles. The van der Waals surface area contributed by atoms with Crippen LogP contribution in [0, 0.1) is 0 Å². The van der Waals surface area contributed by atoms with E-state index in [9.17, 15) is 0 Å². The summed E-state index contributed by atoms with van der Waals surface area (Å²) in [7, 11) is 2.08. The summed E-state index contributed by atoms with van der Waals surface area (Å²) in [6, 6.07) is 7.48. The molecule has 0 radical (unpaired) electrons. The van der Waals surface area contributed by atoms with Gasteiger partial charge in [-0.3, -0.25) is 4.90 Å². The molecule has 108 valence electrons. The molecule has 0 unspecified atom stereocenters. The minimum atomic E-state index is 0.640. The van der Waals surface area contributed by atoms with Crippen molar-refractivity contribution in [2.45, 2.75) is 19.9 Å². The van der Waals surface area contributed by atoms with Gasteiger partial charge < -0.3 is 4.74 Å². The number of halogens is 1. The standard InChI is InChI=1S/C15H19ClN2OS/c1-3-15-17-13(11-20-15)10-18(2)7-8-19-14-6-4-5-12(16)9-14/h4-6,9,11H,3,7-8,10H2,1-2H3. The van der Waals surface area contributed by atoms with Gasteiger partial charge in [0, 0.05) is 23.5 Å². The average molecular weight is 311 g/mol. The van der Waals surface area contributed by atoms with E-state index in [1.54, 1.807) is 11.3 Å². The summed E-state index contributed by atoms with van der Waals surface area (Å²) in [6.45, 7) is 4.48. The molecule has 0 aliphatic heterocycles. The molecule has 0 aliphatic rings. The van der Waals surface area contributed by atoms with E-state index >= 15 is 0 Å². The fourth-order valence-electron chi connectivity index (χ4n) is 1.82. The van der Waals surface area contributed by atoms with Crippen LogP contribution < -0.4 is 4.74 Å². The molecule has 0 saturated heterocycles. The Balaban J connectivity index is 1.73. The van der Waals surface area contributed by atoms with Crippen molar-refractivity contribution in [2.75, 3.05) is 20.2 Å². The lowest BCUT2D eigenvalue weighted by atomic mass is 10.3. The first-order valence-electron chi connectivity index (χ1n) is 6.67. The molecule has 2 rings (SSSR count). The summed E-state index contributed by atoms with van der Waals surface area (Å²) >= 11 is 7.64. The van der Waals surface area contributed by atoms with Crippen molar-refractivity contribution in [3.05, 3.63) is 45.4 Å². The van der Waals surface area contributed by atoms with Crippen molar-refractivity contribution in [3.63, 3.8) is 0 Å². The van der Waals surface area contributed by atoms with Crippen LogP contribution in [0.5, 0.6) is 5.75 Å². The number of hydrogen-bond donors (Lipinski definition) is 0.